The number of fused-ring (bicyclic) bond motifs is 1. The van der Waals surface area contributed by atoms with Crippen LogP contribution in [0.1, 0.15) is 33.1 Å². The molecule has 3 aromatic heterocycles. The predicted octanol–water partition coefficient (Wildman–Crippen LogP) is 4.86. The van der Waals surface area contributed by atoms with Gasteiger partial charge in [-0.3, -0.25) is 14.2 Å². The highest BCUT2D eigenvalue weighted by Gasteiger charge is 2.34. The first-order chi connectivity index (χ1) is 15.0. The number of hydrogen-bond donors (Lipinski definition) is 1. The second-order valence-corrected chi connectivity index (χ2v) is 8.27. The molecule has 1 aromatic carbocycles. The lowest BCUT2D eigenvalue weighted by atomic mass is 10.1. The van der Waals surface area contributed by atoms with Crippen molar-refractivity contribution in [3.63, 3.8) is 0 Å². The summed E-state index contributed by atoms with van der Waals surface area (Å²) in [7, 11) is 1.81. The highest BCUT2D eigenvalue weighted by Crippen LogP contribution is 2.32. The van der Waals surface area contributed by atoms with Gasteiger partial charge in [-0.15, -0.1) is 0 Å². The molecular formula is C21H18BrF3N6O. The normalized spacial score (nSPS) is 11.8. The van der Waals surface area contributed by atoms with E-state index in [9.17, 15) is 18.0 Å². The lowest BCUT2D eigenvalue weighted by molar-refractivity contribution is -0.140. The van der Waals surface area contributed by atoms with Crippen molar-refractivity contribution in [3.05, 3.63) is 69.3 Å². The third-order valence-corrected chi connectivity index (χ3v) is 5.50. The highest BCUT2D eigenvalue weighted by molar-refractivity contribution is 9.10. The fourth-order valence-corrected chi connectivity index (χ4v) is 3.81. The average Bonchev–Trinajstić information content (AvgIpc) is 3.24. The molecule has 0 aliphatic rings. The van der Waals surface area contributed by atoms with E-state index < -0.39 is 17.8 Å². The molecule has 0 fully saturated rings. The Morgan fingerprint density at radius 3 is 2.56 bits per heavy atom. The third kappa shape index (κ3) is 4.24. The van der Waals surface area contributed by atoms with Gasteiger partial charge in [0, 0.05) is 23.1 Å². The zero-order valence-electron chi connectivity index (χ0n) is 17.3. The first kappa shape index (κ1) is 22.0. The molecule has 32 heavy (non-hydrogen) atoms. The van der Waals surface area contributed by atoms with Gasteiger partial charge in [0.25, 0.3) is 5.91 Å². The van der Waals surface area contributed by atoms with Crippen molar-refractivity contribution >= 4 is 38.4 Å². The summed E-state index contributed by atoms with van der Waals surface area (Å²) in [6, 6.07) is 7.21. The van der Waals surface area contributed by atoms with Crippen molar-refractivity contribution in [1.29, 1.82) is 0 Å². The van der Waals surface area contributed by atoms with Crippen LogP contribution >= 0.6 is 15.9 Å². The number of amides is 1. The number of halogens is 4. The van der Waals surface area contributed by atoms with Gasteiger partial charge in [0.05, 0.1) is 40.4 Å². The highest BCUT2D eigenvalue weighted by atomic mass is 79.9. The van der Waals surface area contributed by atoms with Crippen LogP contribution in [0.4, 0.5) is 18.9 Å². The second kappa shape index (κ2) is 8.05. The molecule has 4 rings (SSSR count). The third-order valence-electron chi connectivity index (χ3n) is 5.01. The summed E-state index contributed by atoms with van der Waals surface area (Å²) in [6.07, 6.45) is -2.87. The standard InChI is InChI=1S/C21H18BrF3N6O/c1-11-19(12(2)31(28-11)10-14-6-7-30(3)29-14)27-20(32)16-9-18(21(23,24)25)26-17-5-4-13(22)8-15(16)17/h4-9H,10H2,1-3H3,(H,27,32). The number of aryl methyl sites for hydroxylation is 2. The molecule has 0 aliphatic carbocycles. The monoisotopic (exact) mass is 506 g/mol. The Hall–Kier alpha value is -3.21. The number of nitrogens with zero attached hydrogens (tertiary/aromatic N) is 5. The number of nitrogens with one attached hydrogen (secondary N) is 1. The molecule has 0 unspecified atom stereocenters. The molecule has 0 saturated carbocycles. The number of anilines is 1. The zero-order valence-corrected chi connectivity index (χ0v) is 18.9. The van der Waals surface area contributed by atoms with E-state index in [0.29, 0.717) is 33.5 Å². The summed E-state index contributed by atoms with van der Waals surface area (Å²) >= 11 is 3.30. The van der Waals surface area contributed by atoms with E-state index in [4.69, 9.17) is 0 Å². The number of pyridine rings is 1. The average molecular weight is 507 g/mol. The predicted molar refractivity (Wildman–Crippen MR) is 116 cm³/mol. The summed E-state index contributed by atoms with van der Waals surface area (Å²) in [5.41, 5.74) is 1.26. The van der Waals surface area contributed by atoms with Crippen LogP contribution in [0.3, 0.4) is 0 Å². The smallest absolute Gasteiger partial charge is 0.319 e. The van der Waals surface area contributed by atoms with Crippen LogP contribution in [0.25, 0.3) is 10.9 Å². The first-order valence-electron chi connectivity index (χ1n) is 9.54. The molecule has 1 N–H and O–H groups in total. The lowest BCUT2D eigenvalue weighted by Gasteiger charge is -2.13. The molecule has 7 nitrogen and oxygen atoms in total. The Kier molecular flexibility index (Phi) is 5.53. The van der Waals surface area contributed by atoms with Crippen molar-refractivity contribution in [1.82, 2.24) is 24.5 Å². The van der Waals surface area contributed by atoms with Gasteiger partial charge in [-0.2, -0.15) is 23.4 Å². The molecule has 3 heterocycles. The molecule has 0 bridgehead atoms. The van der Waals surface area contributed by atoms with Crippen molar-refractivity contribution in [2.75, 3.05) is 5.32 Å². The van der Waals surface area contributed by atoms with Gasteiger partial charge in [0.2, 0.25) is 0 Å². The Balaban J connectivity index is 1.72. The molecule has 0 radical (unpaired) electrons. The Bertz CT molecular complexity index is 1340. The minimum absolute atomic E-state index is 0.0764. The summed E-state index contributed by atoms with van der Waals surface area (Å²) in [5, 5.41) is 11.8. The van der Waals surface area contributed by atoms with Gasteiger partial charge in [0.15, 0.2) is 0 Å². The van der Waals surface area contributed by atoms with Crippen molar-refractivity contribution in [3.8, 4) is 0 Å². The number of hydrogen-bond acceptors (Lipinski definition) is 4. The van der Waals surface area contributed by atoms with Crippen molar-refractivity contribution in [2.24, 2.45) is 7.05 Å². The quantitative estimate of drug-likeness (QED) is 0.428. The Morgan fingerprint density at radius 1 is 1.16 bits per heavy atom. The lowest BCUT2D eigenvalue weighted by Crippen LogP contribution is -2.17. The summed E-state index contributed by atoms with van der Waals surface area (Å²) in [5.74, 6) is -0.676. The molecule has 11 heteroatoms. The topological polar surface area (TPSA) is 77.6 Å². The van der Waals surface area contributed by atoms with E-state index in [-0.39, 0.29) is 11.1 Å². The van der Waals surface area contributed by atoms with Gasteiger partial charge in [-0.25, -0.2) is 4.98 Å². The van der Waals surface area contributed by atoms with E-state index in [0.717, 1.165) is 11.8 Å². The van der Waals surface area contributed by atoms with E-state index >= 15 is 0 Å². The van der Waals surface area contributed by atoms with Crippen LogP contribution < -0.4 is 5.32 Å². The molecule has 4 aromatic rings. The van der Waals surface area contributed by atoms with Crippen LogP contribution in [0, 0.1) is 13.8 Å². The fourth-order valence-electron chi connectivity index (χ4n) is 3.44. The largest absolute Gasteiger partial charge is 0.433 e. The number of carbonyl (C=O) groups excluding carboxylic acids is 1. The number of carbonyl (C=O) groups is 1. The van der Waals surface area contributed by atoms with Crippen LogP contribution in [-0.2, 0) is 19.8 Å². The fraction of sp³-hybridized carbons (Fsp3) is 0.238. The van der Waals surface area contributed by atoms with Gasteiger partial charge < -0.3 is 5.32 Å². The maximum Gasteiger partial charge on any atom is 0.433 e. The van der Waals surface area contributed by atoms with Crippen LogP contribution in [0.15, 0.2) is 41.0 Å². The van der Waals surface area contributed by atoms with E-state index in [1.54, 1.807) is 35.3 Å². The molecule has 1 amide bonds. The van der Waals surface area contributed by atoms with Gasteiger partial charge >= 0.3 is 6.18 Å². The SMILES string of the molecule is Cc1nn(Cc2ccn(C)n2)c(C)c1NC(=O)c1cc(C(F)(F)F)nc2ccc(Br)cc12. The second-order valence-electron chi connectivity index (χ2n) is 7.35. The molecule has 0 spiro atoms. The number of rotatable bonds is 4. The summed E-state index contributed by atoms with van der Waals surface area (Å²) < 4.78 is 44.1. The first-order valence-corrected chi connectivity index (χ1v) is 10.3. The van der Waals surface area contributed by atoms with E-state index in [1.165, 1.54) is 6.07 Å². The summed E-state index contributed by atoms with van der Waals surface area (Å²) in [6.45, 7) is 3.90. The maximum atomic E-state index is 13.4. The molecule has 0 atom stereocenters. The van der Waals surface area contributed by atoms with E-state index in [2.05, 4.69) is 36.4 Å². The molecule has 0 aliphatic heterocycles. The molecule has 0 saturated heterocycles. The molecule has 166 valence electrons. The Morgan fingerprint density at radius 2 is 1.91 bits per heavy atom. The number of aromatic nitrogens is 5. The molecular weight excluding hydrogens is 489 g/mol. The Labute approximate surface area is 189 Å². The van der Waals surface area contributed by atoms with Crippen molar-refractivity contribution < 1.29 is 18.0 Å². The summed E-state index contributed by atoms with van der Waals surface area (Å²) in [4.78, 5) is 16.8. The van der Waals surface area contributed by atoms with Gasteiger partial charge in [-0.05, 0) is 44.2 Å². The number of benzene rings is 1. The zero-order chi connectivity index (χ0) is 23.2. The van der Waals surface area contributed by atoms with Crippen molar-refractivity contribution in [2.45, 2.75) is 26.6 Å². The van der Waals surface area contributed by atoms with Gasteiger partial charge in [-0.1, -0.05) is 15.9 Å². The van der Waals surface area contributed by atoms with Crippen LogP contribution in [-0.4, -0.2) is 30.5 Å². The minimum atomic E-state index is -4.68. The number of alkyl halides is 3. The van der Waals surface area contributed by atoms with Crippen LogP contribution in [0.5, 0.6) is 0 Å². The van der Waals surface area contributed by atoms with Gasteiger partial charge in [0.1, 0.15) is 5.69 Å². The maximum absolute atomic E-state index is 13.4. The minimum Gasteiger partial charge on any atom is -0.319 e. The van der Waals surface area contributed by atoms with E-state index in [1.807, 2.05) is 19.3 Å². The van der Waals surface area contributed by atoms with Crippen LogP contribution in [0.2, 0.25) is 0 Å².